The highest BCUT2D eigenvalue weighted by Gasteiger charge is 2.29. The second-order valence-electron chi connectivity index (χ2n) is 7.34. The monoisotopic (exact) mass is 444 g/mol. The maximum Gasteiger partial charge on any atom is 0.338 e. The standard InChI is InChI=1S/C22H24N2O6S/c1-28-19-11-10-16(14-20(19)31(26,27)24-12-6-2-3-7-13-24)22(25)29-15-21-23-17-8-4-5-9-18(17)30-21/h4-5,8-11,14H,2-3,6-7,12-13,15H2,1H3. The molecule has 0 saturated carbocycles. The third-order valence-corrected chi connectivity index (χ3v) is 7.17. The number of carbonyl (C=O) groups is 1. The Balaban J connectivity index is 1.55. The van der Waals surface area contributed by atoms with Crippen LogP contribution in [0.2, 0.25) is 0 Å². The molecule has 1 fully saturated rings. The molecule has 0 atom stereocenters. The number of oxazole rings is 1. The van der Waals surface area contributed by atoms with Crippen LogP contribution in [0.5, 0.6) is 5.75 Å². The lowest BCUT2D eigenvalue weighted by atomic mass is 10.2. The van der Waals surface area contributed by atoms with Crippen molar-refractivity contribution in [3.05, 3.63) is 53.9 Å². The molecule has 0 amide bonds. The molecule has 1 aromatic heterocycles. The minimum atomic E-state index is -3.80. The summed E-state index contributed by atoms with van der Waals surface area (Å²) in [6.07, 6.45) is 3.64. The van der Waals surface area contributed by atoms with Crippen LogP contribution in [0.3, 0.4) is 0 Å². The Hall–Kier alpha value is -2.91. The van der Waals surface area contributed by atoms with E-state index in [1.807, 2.05) is 12.1 Å². The van der Waals surface area contributed by atoms with Crippen LogP contribution in [0, 0.1) is 0 Å². The first-order chi connectivity index (χ1) is 15.0. The third-order valence-electron chi connectivity index (χ3n) is 5.25. The molecule has 1 aliphatic rings. The molecular formula is C22H24N2O6S. The van der Waals surface area contributed by atoms with Gasteiger partial charge in [0.15, 0.2) is 12.2 Å². The summed E-state index contributed by atoms with van der Waals surface area (Å²) in [5.74, 6) is -0.211. The van der Waals surface area contributed by atoms with Crippen molar-refractivity contribution in [2.45, 2.75) is 37.2 Å². The number of ether oxygens (including phenoxy) is 2. The van der Waals surface area contributed by atoms with E-state index in [0.29, 0.717) is 24.2 Å². The second kappa shape index (κ2) is 9.07. The third kappa shape index (κ3) is 4.57. The summed E-state index contributed by atoms with van der Waals surface area (Å²) in [5, 5.41) is 0. The van der Waals surface area contributed by atoms with Gasteiger partial charge in [0.05, 0.1) is 12.7 Å². The van der Waals surface area contributed by atoms with Crippen molar-refractivity contribution in [2.75, 3.05) is 20.2 Å². The molecule has 8 nitrogen and oxygen atoms in total. The predicted molar refractivity (Wildman–Crippen MR) is 113 cm³/mol. The van der Waals surface area contributed by atoms with Crippen LogP contribution in [0.4, 0.5) is 0 Å². The predicted octanol–water partition coefficient (Wildman–Crippen LogP) is 3.76. The normalized spacial score (nSPS) is 15.5. The number of methoxy groups -OCH3 is 1. The molecular weight excluding hydrogens is 420 g/mol. The van der Waals surface area contributed by atoms with Gasteiger partial charge in [0, 0.05) is 13.1 Å². The van der Waals surface area contributed by atoms with Gasteiger partial charge in [0.25, 0.3) is 0 Å². The number of hydrogen-bond acceptors (Lipinski definition) is 7. The molecule has 9 heteroatoms. The zero-order valence-corrected chi connectivity index (χ0v) is 18.1. The lowest BCUT2D eigenvalue weighted by Gasteiger charge is -2.21. The van der Waals surface area contributed by atoms with Gasteiger partial charge in [0.1, 0.15) is 16.2 Å². The number of sulfonamides is 1. The van der Waals surface area contributed by atoms with Gasteiger partial charge in [-0.15, -0.1) is 0 Å². The highest BCUT2D eigenvalue weighted by Crippen LogP contribution is 2.29. The largest absolute Gasteiger partial charge is 0.495 e. The molecule has 1 aliphatic heterocycles. The Kier molecular flexibility index (Phi) is 6.24. The summed E-state index contributed by atoms with van der Waals surface area (Å²) in [4.78, 5) is 16.8. The fourth-order valence-corrected chi connectivity index (χ4v) is 5.32. The van der Waals surface area contributed by atoms with E-state index in [0.717, 1.165) is 25.7 Å². The summed E-state index contributed by atoms with van der Waals surface area (Å²) < 4.78 is 44.1. The fourth-order valence-electron chi connectivity index (χ4n) is 3.62. The van der Waals surface area contributed by atoms with Crippen molar-refractivity contribution in [1.82, 2.24) is 9.29 Å². The smallest absolute Gasteiger partial charge is 0.338 e. The van der Waals surface area contributed by atoms with Gasteiger partial charge in [-0.2, -0.15) is 4.31 Å². The van der Waals surface area contributed by atoms with Crippen molar-refractivity contribution in [3.8, 4) is 5.75 Å². The molecule has 0 aliphatic carbocycles. The number of carbonyl (C=O) groups excluding carboxylic acids is 1. The van der Waals surface area contributed by atoms with E-state index >= 15 is 0 Å². The molecule has 3 aromatic rings. The van der Waals surface area contributed by atoms with E-state index in [1.165, 1.54) is 29.6 Å². The molecule has 1 saturated heterocycles. The van der Waals surface area contributed by atoms with E-state index in [4.69, 9.17) is 13.9 Å². The number of rotatable bonds is 6. The second-order valence-corrected chi connectivity index (χ2v) is 9.24. The maximum atomic E-state index is 13.2. The van der Waals surface area contributed by atoms with Crippen molar-refractivity contribution in [3.63, 3.8) is 0 Å². The summed E-state index contributed by atoms with van der Waals surface area (Å²) >= 11 is 0. The Labute approximate surface area is 180 Å². The number of esters is 1. The van der Waals surface area contributed by atoms with Crippen LogP contribution >= 0.6 is 0 Å². The summed E-state index contributed by atoms with van der Waals surface area (Å²) in [6.45, 7) is 0.753. The highest BCUT2D eigenvalue weighted by molar-refractivity contribution is 7.89. The van der Waals surface area contributed by atoms with Crippen molar-refractivity contribution >= 4 is 27.1 Å². The fraction of sp³-hybridized carbons (Fsp3) is 0.364. The lowest BCUT2D eigenvalue weighted by Crippen LogP contribution is -2.32. The Morgan fingerprint density at radius 2 is 1.84 bits per heavy atom. The van der Waals surface area contributed by atoms with Gasteiger partial charge in [-0.25, -0.2) is 18.2 Å². The average molecular weight is 445 g/mol. The number of aromatic nitrogens is 1. The van der Waals surface area contributed by atoms with Gasteiger partial charge in [0.2, 0.25) is 15.9 Å². The number of nitrogens with zero attached hydrogens (tertiary/aromatic N) is 2. The van der Waals surface area contributed by atoms with Gasteiger partial charge < -0.3 is 13.9 Å². The van der Waals surface area contributed by atoms with E-state index in [-0.39, 0.29) is 28.7 Å². The molecule has 2 aromatic carbocycles. The summed E-state index contributed by atoms with van der Waals surface area (Å²) in [7, 11) is -2.39. The van der Waals surface area contributed by atoms with E-state index < -0.39 is 16.0 Å². The molecule has 0 radical (unpaired) electrons. The quantitative estimate of drug-likeness (QED) is 0.534. The zero-order valence-electron chi connectivity index (χ0n) is 17.2. The molecule has 31 heavy (non-hydrogen) atoms. The van der Waals surface area contributed by atoms with Crippen LogP contribution in [0.1, 0.15) is 41.9 Å². The molecule has 2 heterocycles. The maximum absolute atomic E-state index is 13.2. The Morgan fingerprint density at radius 3 is 2.55 bits per heavy atom. The average Bonchev–Trinajstić information content (AvgIpc) is 2.99. The van der Waals surface area contributed by atoms with Crippen LogP contribution in [-0.2, 0) is 21.4 Å². The Bertz CT molecular complexity index is 1150. The van der Waals surface area contributed by atoms with E-state index in [9.17, 15) is 13.2 Å². The molecule has 4 rings (SSSR count). The molecule has 0 bridgehead atoms. The molecule has 0 unspecified atom stereocenters. The first-order valence-electron chi connectivity index (χ1n) is 10.2. The van der Waals surface area contributed by atoms with Gasteiger partial charge in [-0.05, 0) is 43.2 Å². The van der Waals surface area contributed by atoms with Crippen molar-refractivity contribution < 1.29 is 27.1 Å². The lowest BCUT2D eigenvalue weighted by molar-refractivity contribution is 0.0440. The SMILES string of the molecule is COc1ccc(C(=O)OCc2nc3ccccc3o2)cc1S(=O)(=O)N1CCCCCC1. The number of hydrogen-bond donors (Lipinski definition) is 0. The molecule has 0 spiro atoms. The van der Waals surface area contributed by atoms with Crippen molar-refractivity contribution in [1.29, 1.82) is 0 Å². The number of benzene rings is 2. The summed E-state index contributed by atoms with van der Waals surface area (Å²) in [5.41, 5.74) is 1.39. The van der Waals surface area contributed by atoms with Crippen LogP contribution in [0.15, 0.2) is 51.8 Å². The molecule has 164 valence electrons. The van der Waals surface area contributed by atoms with Gasteiger partial charge in [-0.3, -0.25) is 0 Å². The first kappa shape index (κ1) is 21.3. The summed E-state index contributed by atoms with van der Waals surface area (Å²) in [6, 6.07) is 11.5. The van der Waals surface area contributed by atoms with E-state index in [2.05, 4.69) is 4.98 Å². The Morgan fingerprint density at radius 1 is 1.10 bits per heavy atom. The molecule has 0 N–H and O–H groups in total. The van der Waals surface area contributed by atoms with Gasteiger partial charge >= 0.3 is 5.97 Å². The van der Waals surface area contributed by atoms with Crippen LogP contribution in [0.25, 0.3) is 11.1 Å². The first-order valence-corrected chi connectivity index (χ1v) is 11.6. The van der Waals surface area contributed by atoms with Gasteiger partial charge in [-0.1, -0.05) is 25.0 Å². The minimum Gasteiger partial charge on any atom is -0.495 e. The minimum absolute atomic E-state index is 0.0341. The topological polar surface area (TPSA) is 98.9 Å². The zero-order chi connectivity index (χ0) is 21.8. The van der Waals surface area contributed by atoms with E-state index in [1.54, 1.807) is 12.1 Å². The number of fused-ring (bicyclic) bond motifs is 1. The van der Waals surface area contributed by atoms with Crippen molar-refractivity contribution in [2.24, 2.45) is 0 Å². The highest BCUT2D eigenvalue weighted by atomic mass is 32.2. The van der Waals surface area contributed by atoms with Crippen LogP contribution < -0.4 is 4.74 Å². The number of para-hydroxylation sites is 2. The van der Waals surface area contributed by atoms with Crippen LogP contribution in [-0.4, -0.2) is 43.9 Å².